The number of aryl methyl sites for hydroxylation is 2. The van der Waals surface area contributed by atoms with E-state index in [1.807, 2.05) is 0 Å². The first-order valence-corrected chi connectivity index (χ1v) is 10.8. The zero-order valence-corrected chi connectivity index (χ0v) is 18.8. The molecule has 3 aromatic rings. The van der Waals surface area contributed by atoms with Crippen molar-refractivity contribution >= 4 is 29.1 Å². The fourth-order valence-electron chi connectivity index (χ4n) is 3.86. The number of esters is 2. The van der Waals surface area contributed by atoms with Crippen LogP contribution in [-0.4, -0.2) is 37.5 Å². The molecule has 0 aromatic heterocycles. The molecular weight excluding hydrogens is 458 g/mol. The Balaban J connectivity index is 1.54. The van der Waals surface area contributed by atoms with E-state index in [1.54, 1.807) is 30.3 Å². The number of carbonyl (C=O) groups excluding carboxylic acids is 3. The van der Waals surface area contributed by atoms with Gasteiger partial charge in [-0.1, -0.05) is 6.07 Å². The van der Waals surface area contributed by atoms with Gasteiger partial charge in [-0.15, -0.1) is 0 Å². The fourth-order valence-corrected chi connectivity index (χ4v) is 3.86. The summed E-state index contributed by atoms with van der Waals surface area (Å²) in [6, 6.07) is 11.9. The zero-order chi connectivity index (χ0) is 25.1. The molecule has 1 aliphatic carbocycles. The van der Waals surface area contributed by atoms with Crippen molar-refractivity contribution in [1.82, 2.24) is 0 Å². The van der Waals surface area contributed by atoms with Gasteiger partial charge in [0.05, 0.1) is 18.4 Å². The fraction of sp³-hybridized carbons (Fsp3) is 0.192. The van der Waals surface area contributed by atoms with Gasteiger partial charge in [-0.2, -0.15) is 0 Å². The molecule has 0 spiro atoms. The average molecular weight is 480 g/mol. The van der Waals surface area contributed by atoms with E-state index >= 15 is 0 Å². The monoisotopic (exact) mass is 480 g/mol. The number of ether oxygens (including phenoxy) is 2. The number of rotatable bonds is 6. The summed E-state index contributed by atoms with van der Waals surface area (Å²) in [7, 11) is 1.18. The van der Waals surface area contributed by atoms with Crippen LogP contribution in [0.3, 0.4) is 0 Å². The average Bonchev–Trinajstić information content (AvgIpc) is 2.99. The molecule has 0 saturated carbocycles. The minimum atomic E-state index is -1.11. The first-order valence-electron chi connectivity index (χ1n) is 10.8. The first-order chi connectivity index (χ1) is 16.8. The Bertz CT molecular complexity index is 1330. The van der Waals surface area contributed by atoms with Gasteiger partial charge in [0.1, 0.15) is 24.3 Å². The van der Waals surface area contributed by atoms with Gasteiger partial charge in [0.2, 0.25) is 0 Å². The number of fused-ring (bicyclic) bond motifs is 2. The van der Waals surface area contributed by atoms with E-state index in [1.165, 1.54) is 19.2 Å². The van der Waals surface area contributed by atoms with Gasteiger partial charge in [0.15, 0.2) is 5.78 Å². The third-order valence-corrected chi connectivity index (χ3v) is 5.71. The molecule has 1 aliphatic rings. The van der Waals surface area contributed by atoms with E-state index in [2.05, 4.69) is 10.1 Å². The van der Waals surface area contributed by atoms with E-state index in [4.69, 9.17) is 10.5 Å². The second-order valence-corrected chi connectivity index (χ2v) is 8.05. The van der Waals surface area contributed by atoms with Crippen LogP contribution in [0.25, 0.3) is 0 Å². The van der Waals surface area contributed by atoms with Crippen LogP contribution in [0.15, 0.2) is 54.6 Å². The molecular formula is C26H22F2N2O5. The Labute approximate surface area is 199 Å². The summed E-state index contributed by atoms with van der Waals surface area (Å²) in [6.45, 7) is -0.357. The van der Waals surface area contributed by atoms with Gasteiger partial charge in [-0.05, 0) is 66.4 Å². The number of benzene rings is 3. The summed E-state index contributed by atoms with van der Waals surface area (Å²) in [5, 5.41) is 2.91. The lowest BCUT2D eigenvalue weighted by Gasteiger charge is -2.12. The predicted octanol–water partition coefficient (Wildman–Crippen LogP) is 3.70. The lowest BCUT2D eigenvalue weighted by Crippen LogP contribution is -2.36. The van der Waals surface area contributed by atoms with Crippen molar-refractivity contribution in [2.24, 2.45) is 5.73 Å². The van der Waals surface area contributed by atoms with E-state index in [9.17, 15) is 23.2 Å². The van der Waals surface area contributed by atoms with Crippen LogP contribution in [-0.2, 0) is 27.1 Å². The summed E-state index contributed by atoms with van der Waals surface area (Å²) in [5.74, 6) is -3.08. The maximum absolute atomic E-state index is 14.0. The van der Waals surface area contributed by atoms with Crippen LogP contribution >= 0.6 is 0 Å². The smallest absolute Gasteiger partial charge is 0.338 e. The van der Waals surface area contributed by atoms with Gasteiger partial charge >= 0.3 is 11.9 Å². The number of nitrogens with two attached hydrogens (primary N) is 1. The molecule has 35 heavy (non-hydrogen) atoms. The number of anilines is 2. The molecule has 3 aromatic carbocycles. The molecule has 0 aliphatic heterocycles. The van der Waals surface area contributed by atoms with E-state index in [-0.39, 0.29) is 23.6 Å². The van der Waals surface area contributed by atoms with E-state index in [0.717, 1.165) is 23.3 Å². The highest BCUT2D eigenvalue weighted by Crippen LogP contribution is 2.29. The molecule has 9 heteroatoms. The van der Waals surface area contributed by atoms with E-state index < -0.39 is 29.6 Å². The highest BCUT2D eigenvalue weighted by atomic mass is 19.1. The molecule has 1 atom stereocenters. The second-order valence-electron chi connectivity index (χ2n) is 8.05. The molecule has 7 nitrogen and oxygen atoms in total. The zero-order valence-electron chi connectivity index (χ0n) is 18.8. The van der Waals surface area contributed by atoms with Crippen molar-refractivity contribution in [3.8, 4) is 0 Å². The summed E-state index contributed by atoms with van der Waals surface area (Å²) in [5.41, 5.74) is 8.78. The second kappa shape index (κ2) is 10.0. The largest absolute Gasteiger partial charge is 0.468 e. The highest BCUT2D eigenvalue weighted by molar-refractivity contribution is 6.12. The minimum absolute atomic E-state index is 0.115. The van der Waals surface area contributed by atoms with Crippen LogP contribution < -0.4 is 11.1 Å². The van der Waals surface area contributed by atoms with E-state index in [0.29, 0.717) is 29.7 Å². The maximum atomic E-state index is 14.0. The maximum Gasteiger partial charge on any atom is 0.338 e. The predicted molar refractivity (Wildman–Crippen MR) is 124 cm³/mol. The third kappa shape index (κ3) is 5.20. The van der Waals surface area contributed by atoms with Gasteiger partial charge < -0.3 is 20.5 Å². The van der Waals surface area contributed by atoms with Crippen LogP contribution in [0, 0.1) is 11.6 Å². The van der Waals surface area contributed by atoms with Crippen molar-refractivity contribution < 1.29 is 32.6 Å². The Kier molecular flexibility index (Phi) is 6.88. The molecule has 0 saturated heterocycles. The number of ketones is 1. The number of halogens is 2. The highest BCUT2D eigenvalue weighted by Gasteiger charge is 2.24. The van der Waals surface area contributed by atoms with Crippen LogP contribution in [0.4, 0.5) is 20.2 Å². The summed E-state index contributed by atoms with van der Waals surface area (Å²) < 4.78 is 36.8. The van der Waals surface area contributed by atoms with Crippen LogP contribution in [0.1, 0.15) is 37.4 Å². The van der Waals surface area contributed by atoms with Gasteiger partial charge in [0, 0.05) is 22.9 Å². The molecule has 0 unspecified atom stereocenters. The SMILES string of the molecule is COC(=O)[C@@H](N)COC(=O)c1ccc2c(c1)C(=O)c1ccc(Nc3ccc(F)cc3F)cc1CC2. The first kappa shape index (κ1) is 24.0. The molecule has 0 fully saturated rings. The lowest BCUT2D eigenvalue weighted by molar-refractivity contribution is -0.143. The molecule has 4 rings (SSSR count). The topological polar surface area (TPSA) is 108 Å². The summed E-state index contributed by atoms with van der Waals surface area (Å²) >= 11 is 0. The summed E-state index contributed by atoms with van der Waals surface area (Å²) in [4.78, 5) is 37.1. The Hall–Kier alpha value is -4.11. The number of methoxy groups -OCH3 is 1. The normalized spacial score (nSPS) is 13.2. The third-order valence-electron chi connectivity index (χ3n) is 5.71. The number of carbonyl (C=O) groups is 3. The quantitative estimate of drug-likeness (QED) is 0.518. The Morgan fingerprint density at radius 3 is 2.51 bits per heavy atom. The number of hydrogen-bond acceptors (Lipinski definition) is 7. The van der Waals surface area contributed by atoms with Crippen molar-refractivity contribution in [3.05, 3.63) is 94.0 Å². The molecule has 3 N–H and O–H groups in total. The van der Waals surface area contributed by atoms with Crippen molar-refractivity contribution in [2.45, 2.75) is 18.9 Å². The van der Waals surface area contributed by atoms with Crippen LogP contribution in [0.5, 0.6) is 0 Å². The van der Waals surface area contributed by atoms with Crippen molar-refractivity contribution in [2.75, 3.05) is 19.0 Å². The van der Waals surface area contributed by atoms with Gasteiger partial charge in [-0.25, -0.2) is 13.6 Å². The van der Waals surface area contributed by atoms with Crippen molar-refractivity contribution in [1.29, 1.82) is 0 Å². The Morgan fingerprint density at radius 1 is 1.00 bits per heavy atom. The summed E-state index contributed by atoms with van der Waals surface area (Å²) in [6.07, 6.45) is 1.10. The van der Waals surface area contributed by atoms with Gasteiger partial charge in [-0.3, -0.25) is 9.59 Å². The van der Waals surface area contributed by atoms with Crippen LogP contribution in [0.2, 0.25) is 0 Å². The molecule has 0 bridgehead atoms. The van der Waals surface area contributed by atoms with Crippen molar-refractivity contribution in [3.63, 3.8) is 0 Å². The molecule has 0 amide bonds. The number of nitrogens with one attached hydrogen (secondary N) is 1. The molecule has 180 valence electrons. The molecule has 0 heterocycles. The minimum Gasteiger partial charge on any atom is -0.468 e. The standard InChI is InChI=1S/C26H22F2N2O5/c1-34-26(33)22(29)13-35-25(32)16-5-3-14-2-4-15-10-18(7-8-19(15)24(31)20(14)11-16)30-23-9-6-17(27)12-21(23)28/h3,5-12,22,30H,2,4,13,29H2,1H3/t22-/m0/s1. The lowest BCUT2D eigenvalue weighted by atomic mass is 9.97. The Morgan fingerprint density at radius 2 is 1.77 bits per heavy atom. The number of hydrogen-bond donors (Lipinski definition) is 2. The van der Waals surface area contributed by atoms with Gasteiger partial charge in [0.25, 0.3) is 0 Å². The molecule has 0 radical (unpaired) electrons.